The quantitative estimate of drug-likeness (QED) is 0.902. The molecule has 1 heterocycles. The van der Waals surface area contributed by atoms with Gasteiger partial charge in [-0.2, -0.15) is 0 Å². The van der Waals surface area contributed by atoms with Crippen molar-refractivity contribution in [2.24, 2.45) is 0 Å². The van der Waals surface area contributed by atoms with E-state index in [2.05, 4.69) is 26.2 Å². The monoisotopic (exact) mass is 322 g/mol. The minimum Gasteiger partial charge on any atom is -0.303 e. The fraction of sp³-hybridized carbons (Fsp3) is 0.267. The van der Waals surface area contributed by atoms with Gasteiger partial charge in [0.05, 0.1) is 0 Å². The first-order valence-electron chi connectivity index (χ1n) is 6.19. The highest BCUT2D eigenvalue weighted by molar-refractivity contribution is 9.10. The largest absolute Gasteiger partial charge is 0.303 e. The Hall–Kier alpha value is -1.26. The standard InChI is InChI=1S/C15H16BrFN2/c1-10(12-4-3-7-18-9-12)19-11(2)14-8-13(16)5-6-15(14)17/h3-11,19H,1-2H3/t10-,11?/m1/s1. The van der Waals surface area contributed by atoms with Crippen LogP contribution in [-0.2, 0) is 0 Å². The van der Waals surface area contributed by atoms with Crippen molar-refractivity contribution >= 4 is 15.9 Å². The lowest BCUT2D eigenvalue weighted by molar-refractivity contribution is 0.473. The normalized spacial score (nSPS) is 14.1. The molecule has 2 rings (SSSR count). The third-order valence-corrected chi connectivity index (χ3v) is 3.60. The van der Waals surface area contributed by atoms with Gasteiger partial charge in [0, 0.05) is 34.5 Å². The fourth-order valence-electron chi connectivity index (χ4n) is 2.04. The van der Waals surface area contributed by atoms with Crippen LogP contribution < -0.4 is 5.32 Å². The highest BCUT2D eigenvalue weighted by Crippen LogP contribution is 2.24. The van der Waals surface area contributed by atoms with Crippen molar-refractivity contribution in [3.05, 3.63) is 64.1 Å². The maximum Gasteiger partial charge on any atom is 0.128 e. The average molecular weight is 323 g/mol. The Labute approximate surface area is 121 Å². The molecule has 0 aliphatic carbocycles. The summed E-state index contributed by atoms with van der Waals surface area (Å²) in [4.78, 5) is 4.10. The number of hydrogen-bond donors (Lipinski definition) is 1. The van der Waals surface area contributed by atoms with E-state index in [1.807, 2.05) is 38.2 Å². The van der Waals surface area contributed by atoms with E-state index in [4.69, 9.17) is 0 Å². The first-order chi connectivity index (χ1) is 9.08. The Bertz CT molecular complexity index is 545. The molecule has 0 amide bonds. The first-order valence-corrected chi connectivity index (χ1v) is 6.98. The zero-order valence-corrected chi connectivity index (χ0v) is 12.5. The Balaban J connectivity index is 2.13. The number of pyridine rings is 1. The summed E-state index contributed by atoms with van der Waals surface area (Å²) in [5.74, 6) is -0.193. The summed E-state index contributed by atoms with van der Waals surface area (Å²) in [5, 5.41) is 3.38. The van der Waals surface area contributed by atoms with E-state index in [1.54, 1.807) is 12.3 Å². The van der Waals surface area contributed by atoms with Crippen molar-refractivity contribution in [1.29, 1.82) is 0 Å². The van der Waals surface area contributed by atoms with Gasteiger partial charge < -0.3 is 5.32 Å². The van der Waals surface area contributed by atoms with Crippen molar-refractivity contribution in [2.45, 2.75) is 25.9 Å². The van der Waals surface area contributed by atoms with Crippen LogP contribution in [0.25, 0.3) is 0 Å². The smallest absolute Gasteiger partial charge is 0.128 e. The van der Waals surface area contributed by atoms with Gasteiger partial charge in [0.2, 0.25) is 0 Å². The molecule has 1 N–H and O–H groups in total. The van der Waals surface area contributed by atoms with E-state index >= 15 is 0 Å². The highest BCUT2D eigenvalue weighted by atomic mass is 79.9. The Kier molecular flexibility index (Phi) is 4.66. The molecule has 0 saturated heterocycles. The first kappa shape index (κ1) is 14.2. The van der Waals surface area contributed by atoms with Crippen LogP contribution in [0, 0.1) is 5.82 Å². The minimum absolute atomic E-state index is 0.0762. The van der Waals surface area contributed by atoms with Crippen LogP contribution in [0.2, 0.25) is 0 Å². The molecule has 19 heavy (non-hydrogen) atoms. The molecule has 0 saturated carbocycles. The second kappa shape index (κ2) is 6.26. The van der Waals surface area contributed by atoms with Gasteiger partial charge in [0.1, 0.15) is 5.82 Å². The van der Waals surface area contributed by atoms with Gasteiger partial charge >= 0.3 is 0 Å². The van der Waals surface area contributed by atoms with Gasteiger partial charge in [0.25, 0.3) is 0 Å². The zero-order valence-electron chi connectivity index (χ0n) is 10.9. The van der Waals surface area contributed by atoms with Crippen LogP contribution in [0.4, 0.5) is 4.39 Å². The van der Waals surface area contributed by atoms with E-state index in [-0.39, 0.29) is 17.9 Å². The summed E-state index contributed by atoms with van der Waals surface area (Å²) in [6, 6.07) is 8.94. The second-order valence-corrected chi connectivity index (χ2v) is 5.48. The molecule has 1 unspecified atom stereocenters. The molecule has 1 aromatic heterocycles. The van der Waals surface area contributed by atoms with Crippen molar-refractivity contribution in [3.63, 3.8) is 0 Å². The predicted octanol–water partition coefficient (Wildman–Crippen LogP) is 4.40. The van der Waals surface area contributed by atoms with Gasteiger partial charge in [-0.25, -0.2) is 4.39 Å². The van der Waals surface area contributed by atoms with E-state index in [0.29, 0.717) is 5.56 Å². The topological polar surface area (TPSA) is 24.9 Å². The van der Waals surface area contributed by atoms with Gasteiger partial charge in [0.15, 0.2) is 0 Å². The highest BCUT2D eigenvalue weighted by Gasteiger charge is 2.14. The number of benzene rings is 1. The lowest BCUT2D eigenvalue weighted by Crippen LogP contribution is -2.23. The molecule has 1 aromatic carbocycles. The SMILES string of the molecule is CC(N[C@H](C)c1cccnc1)c1cc(Br)ccc1F. The number of aromatic nitrogens is 1. The summed E-state index contributed by atoms with van der Waals surface area (Å²) in [6.45, 7) is 4.00. The molecule has 0 spiro atoms. The van der Waals surface area contributed by atoms with Crippen LogP contribution >= 0.6 is 15.9 Å². The molecule has 0 aliphatic heterocycles. The van der Waals surface area contributed by atoms with E-state index < -0.39 is 0 Å². The van der Waals surface area contributed by atoms with Crippen molar-refractivity contribution in [1.82, 2.24) is 10.3 Å². The van der Waals surface area contributed by atoms with Crippen LogP contribution in [-0.4, -0.2) is 4.98 Å². The lowest BCUT2D eigenvalue weighted by Gasteiger charge is -2.21. The molecule has 2 nitrogen and oxygen atoms in total. The van der Waals surface area contributed by atoms with Crippen LogP contribution in [0.5, 0.6) is 0 Å². The molecular formula is C15H16BrFN2. The Morgan fingerprint density at radius 2 is 2.00 bits per heavy atom. The predicted molar refractivity (Wildman–Crippen MR) is 78.3 cm³/mol. The summed E-state index contributed by atoms with van der Waals surface area (Å²) in [5.41, 5.74) is 1.75. The van der Waals surface area contributed by atoms with Gasteiger partial charge in [-0.05, 0) is 43.7 Å². The molecular weight excluding hydrogens is 307 g/mol. The molecule has 0 bridgehead atoms. The van der Waals surface area contributed by atoms with Crippen LogP contribution in [0.3, 0.4) is 0 Å². The molecule has 0 radical (unpaired) electrons. The van der Waals surface area contributed by atoms with Crippen molar-refractivity contribution in [3.8, 4) is 0 Å². The number of rotatable bonds is 4. The summed E-state index contributed by atoms with van der Waals surface area (Å²) >= 11 is 3.37. The van der Waals surface area contributed by atoms with Gasteiger partial charge in [-0.15, -0.1) is 0 Å². The van der Waals surface area contributed by atoms with Crippen molar-refractivity contribution < 1.29 is 4.39 Å². The van der Waals surface area contributed by atoms with Gasteiger partial charge in [-0.1, -0.05) is 22.0 Å². The molecule has 100 valence electrons. The van der Waals surface area contributed by atoms with Gasteiger partial charge in [-0.3, -0.25) is 4.98 Å². The maximum absolute atomic E-state index is 13.8. The Morgan fingerprint density at radius 3 is 2.68 bits per heavy atom. The van der Waals surface area contributed by atoms with E-state index in [0.717, 1.165) is 10.0 Å². The number of halogens is 2. The molecule has 0 aliphatic rings. The van der Waals surface area contributed by atoms with E-state index in [1.165, 1.54) is 6.07 Å². The number of nitrogens with zero attached hydrogens (tertiary/aromatic N) is 1. The van der Waals surface area contributed by atoms with E-state index in [9.17, 15) is 4.39 Å². The molecule has 2 atom stereocenters. The third-order valence-electron chi connectivity index (χ3n) is 3.11. The van der Waals surface area contributed by atoms with Crippen molar-refractivity contribution in [2.75, 3.05) is 0 Å². The van der Waals surface area contributed by atoms with Crippen LogP contribution in [0.1, 0.15) is 37.1 Å². The summed E-state index contributed by atoms with van der Waals surface area (Å²) in [7, 11) is 0. The fourth-order valence-corrected chi connectivity index (χ4v) is 2.42. The lowest BCUT2D eigenvalue weighted by atomic mass is 10.0. The zero-order chi connectivity index (χ0) is 13.8. The summed E-state index contributed by atoms with van der Waals surface area (Å²) < 4.78 is 14.7. The maximum atomic E-state index is 13.8. The second-order valence-electron chi connectivity index (χ2n) is 4.56. The van der Waals surface area contributed by atoms with Crippen LogP contribution in [0.15, 0.2) is 47.2 Å². The summed E-state index contributed by atoms with van der Waals surface area (Å²) in [6.07, 6.45) is 3.56. The average Bonchev–Trinajstić information content (AvgIpc) is 2.42. The molecule has 0 fully saturated rings. The molecule has 2 aromatic rings. The number of nitrogens with one attached hydrogen (secondary N) is 1. The molecule has 4 heteroatoms. The third kappa shape index (κ3) is 3.61. The minimum atomic E-state index is -0.193. The number of hydrogen-bond acceptors (Lipinski definition) is 2. The Morgan fingerprint density at radius 1 is 1.21 bits per heavy atom.